The normalized spacial score (nSPS) is 13.2. The van der Waals surface area contributed by atoms with Crippen molar-refractivity contribution in [3.8, 4) is 11.5 Å². The standard InChI is InChI=1S/C22H30O4/c1-5-25-21(17-7-11-19(23-3)12-8-17)15-16-22(26-6-2)18-9-13-20(24-4)14-10-18/h7-14,21-22H,5-6,15-16H2,1-4H3. The van der Waals surface area contributed by atoms with Gasteiger partial charge in [0.05, 0.1) is 26.4 Å². The predicted octanol–water partition coefficient (Wildman–Crippen LogP) is 5.34. The maximum Gasteiger partial charge on any atom is 0.118 e. The Bertz CT molecular complexity index is 564. The van der Waals surface area contributed by atoms with Gasteiger partial charge in [-0.25, -0.2) is 0 Å². The van der Waals surface area contributed by atoms with Crippen molar-refractivity contribution in [2.24, 2.45) is 0 Å². The predicted molar refractivity (Wildman–Crippen MR) is 104 cm³/mol. The minimum Gasteiger partial charge on any atom is -0.497 e. The summed E-state index contributed by atoms with van der Waals surface area (Å²) in [6.45, 7) is 5.41. The van der Waals surface area contributed by atoms with E-state index in [1.54, 1.807) is 14.2 Å². The summed E-state index contributed by atoms with van der Waals surface area (Å²) in [5.74, 6) is 1.71. The van der Waals surface area contributed by atoms with Crippen LogP contribution in [0.4, 0.5) is 0 Å². The molecule has 0 heterocycles. The number of hydrogen-bond donors (Lipinski definition) is 0. The molecule has 0 spiro atoms. The molecular formula is C22H30O4. The van der Waals surface area contributed by atoms with Gasteiger partial charge in [0.1, 0.15) is 11.5 Å². The van der Waals surface area contributed by atoms with Crippen LogP contribution in [0.2, 0.25) is 0 Å². The topological polar surface area (TPSA) is 36.9 Å². The summed E-state index contributed by atoms with van der Waals surface area (Å²) in [7, 11) is 3.35. The Hall–Kier alpha value is -2.04. The maximum absolute atomic E-state index is 5.99. The van der Waals surface area contributed by atoms with E-state index in [2.05, 4.69) is 24.3 Å². The molecule has 2 aromatic rings. The Morgan fingerprint density at radius 3 is 1.23 bits per heavy atom. The average molecular weight is 358 g/mol. The highest BCUT2D eigenvalue weighted by molar-refractivity contribution is 5.30. The highest BCUT2D eigenvalue weighted by Crippen LogP contribution is 2.31. The van der Waals surface area contributed by atoms with Crippen LogP contribution >= 0.6 is 0 Å². The molecule has 0 saturated carbocycles. The first kappa shape index (κ1) is 20.3. The van der Waals surface area contributed by atoms with Gasteiger partial charge in [-0.15, -0.1) is 0 Å². The van der Waals surface area contributed by atoms with Gasteiger partial charge in [0, 0.05) is 13.2 Å². The highest BCUT2D eigenvalue weighted by atomic mass is 16.5. The van der Waals surface area contributed by atoms with Crippen LogP contribution in [0.25, 0.3) is 0 Å². The van der Waals surface area contributed by atoms with Crippen molar-refractivity contribution in [1.82, 2.24) is 0 Å². The van der Waals surface area contributed by atoms with Crippen molar-refractivity contribution in [2.75, 3.05) is 27.4 Å². The minimum atomic E-state index is 0.0483. The Kier molecular flexibility index (Phi) is 8.45. The third kappa shape index (κ3) is 5.75. The second-order valence-corrected chi connectivity index (χ2v) is 6.01. The molecule has 0 bridgehead atoms. The molecule has 0 fully saturated rings. The molecule has 4 heteroatoms. The van der Waals surface area contributed by atoms with E-state index in [1.807, 2.05) is 38.1 Å². The molecule has 0 aliphatic rings. The number of methoxy groups -OCH3 is 2. The lowest BCUT2D eigenvalue weighted by Crippen LogP contribution is -2.10. The van der Waals surface area contributed by atoms with E-state index in [0.29, 0.717) is 13.2 Å². The van der Waals surface area contributed by atoms with Gasteiger partial charge < -0.3 is 18.9 Å². The van der Waals surface area contributed by atoms with Gasteiger partial charge in [-0.05, 0) is 62.1 Å². The molecule has 142 valence electrons. The van der Waals surface area contributed by atoms with Crippen LogP contribution < -0.4 is 9.47 Å². The van der Waals surface area contributed by atoms with Crippen molar-refractivity contribution in [2.45, 2.75) is 38.9 Å². The van der Waals surface area contributed by atoms with Gasteiger partial charge in [0.15, 0.2) is 0 Å². The van der Waals surface area contributed by atoms with E-state index in [-0.39, 0.29) is 12.2 Å². The van der Waals surface area contributed by atoms with Crippen molar-refractivity contribution >= 4 is 0 Å². The van der Waals surface area contributed by atoms with Crippen LogP contribution in [-0.2, 0) is 9.47 Å². The summed E-state index contributed by atoms with van der Waals surface area (Å²) in [6, 6.07) is 16.2. The van der Waals surface area contributed by atoms with Crippen LogP contribution in [0.5, 0.6) is 11.5 Å². The molecule has 2 unspecified atom stereocenters. The Morgan fingerprint density at radius 1 is 0.615 bits per heavy atom. The molecule has 0 aliphatic carbocycles. The molecule has 0 N–H and O–H groups in total. The molecular weight excluding hydrogens is 328 g/mol. The second kappa shape index (κ2) is 10.8. The van der Waals surface area contributed by atoms with Gasteiger partial charge in [-0.1, -0.05) is 24.3 Å². The van der Waals surface area contributed by atoms with E-state index >= 15 is 0 Å². The largest absolute Gasteiger partial charge is 0.497 e. The first-order valence-corrected chi connectivity index (χ1v) is 9.22. The minimum absolute atomic E-state index is 0.0483. The Labute approximate surface area is 157 Å². The van der Waals surface area contributed by atoms with E-state index in [0.717, 1.165) is 35.5 Å². The summed E-state index contributed by atoms with van der Waals surface area (Å²) in [6.07, 6.45) is 1.87. The van der Waals surface area contributed by atoms with Gasteiger partial charge >= 0.3 is 0 Å². The number of rotatable bonds is 11. The third-order valence-electron chi connectivity index (χ3n) is 4.40. The highest BCUT2D eigenvalue weighted by Gasteiger charge is 2.17. The Morgan fingerprint density at radius 2 is 0.962 bits per heavy atom. The monoisotopic (exact) mass is 358 g/mol. The molecule has 2 atom stereocenters. The molecule has 0 aromatic heterocycles. The van der Waals surface area contributed by atoms with Gasteiger partial charge in [0.2, 0.25) is 0 Å². The van der Waals surface area contributed by atoms with E-state index in [1.165, 1.54) is 0 Å². The molecule has 0 aliphatic heterocycles. The van der Waals surface area contributed by atoms with Crippen molar-refractivity contribution in [3.63, 3.8) is 0 Å². The first-order chi connectivity index (χ1) is 12.7. The molecule has 0 radical (unpaired) electrons. The van der Waals surface area contributed by atoms with Crippen LogP contribution in [0.3, 0.4) is 0 Å². The quantitative estimate of drug-likeness (QED) is 0.543. The summed E-state index contributed by atoms with van der Waals surface area (Å²) in [4.78, 5) is 0. The fourth-order valence-corrected chi connectivity index (χ4v) is 3.03. The average Bonchev–Trinajstić information content (AvgIpc) is 2.70. The second-order valence-electron chi connectivity index (χ2n) is 6.01. The zero-order valence-corrected chi connectivity index (χ0v) is 16.2. The SMILES string of the molecule is CCOC(CCC(OCC)c1ccc(OC)cc1)c1ccc(OC)cc1. The number of benzene rings is 2. The van der Waals surface area contributed by atoms with Crippen LogP contribution in [-0.4, -0.2) is 27.4 Å². The van der Waals surface area contributed by atoms with Crippen molar-refractivity contribution in [3.05, 3.63) is 59.7 Å². The van der Waals surface area contributed by atoms with Gasteiger partial charge in [-0.2, -0.15) is 0 Å². The zero-order chi connectivity index (χ0) is 18.8. The molecule has 2 rings (SSSR count). The molecule has 2 aromatic carbocycles. The lowest BCUT2D eigenvalue weighted by atomic mass is 9.98. The molecule has 0 saturated heterocycles. The fourth-order valence-electron chi connectivity index (χ4n) is 3.03. The van der Waals surface area contributed by atoms with Crippen LogP contribution in [0, 0.1) is 0 Å². The summed E-state index contributed by atoms with van der Waals surface area (Å²) in [5.41, 5.74) is 2.33. The zero-order valence-electron chi connectivity index (χ0n) is 16.2. The first-order valence-electron chi connectivity index (χ1n) is 9.22. The molecule has 26 heavy (non-hydrogen) atoms. The Balaban J connectivity index is 2.07. The van der Waals surface area contributed by atoms with Gasteiger partial charge in [0.25, 0.3) is 0 Å². The smallest absolute Gasteiger partial charge is 0.118 e. The summed E-state index contributed by atoms with van der Waals surface area (Å²) >= 11 is 0. The van der Waals surface area contributed by atoms with Crippen LogP contribution in [0.1, 0.15) is 50.0 Å². The van der Waals surface area contributed by atoms with Crippen molar-refractivity contribution < 1.29 is 18.9 Å². The van der Waals surface area contributed by atoms with Crippen molar-refractivity contribution in [1.29, 1.82) is 0 Å². The maximum atomic E-state index is 5.99. The molecule has 0 amide bonds. The fraction of sp³-hybridized carbons (Fsp3) is 0.455. The lowest BCUT2D eigenvalue weighted by molar-refractivity contribution is 0.0182. The molecule has 4 nitrogen and oxygen atoms in total. The summed E-state index contributed by atoms with van der Waals surface area (Å²) < 4.78 is 22.5. The van der Waals surface area contributed by atoms with Crippen LogP contribution in [0.15, 0.2) is 48.5 Å². The van der Waals surface area contributed by atoms with E-state index in [9.17, 15) is 0 Å². The van der Waals surface area contributed by atoms with E-state index < -0.39 is 0 Å². The van der Waals surface area contributed by atoms with Gasteiger partial charge in [-0.3, -0.25) is 0 Å². The third-order valence-corrected chi connectivity index (χ3v) is 4.40. The van der Waals surface area contributed by atoms with E-state index in [4.69, 9.17) is 18.9 Å². The number of hydrogen-bond acceptors (Lipinski definition) is 4. The lowest BCUT2D eigenvalue weighted by Gasteiger charge is -2.22. The number of ether oxygens (including phenoxy) is 4. The summed E-state index contributed by atoms with van der Waals surface area (Å²) in [5, 5.41) is 0.